The van der Waals surface area contributed by atoms with Crippen LogP contribution in [-0.4, -0.2) is 27.3 Å². The zero-order valence-electron chi connectivity index (χ0n) is 17.1. The lowest BCUT2D eigenvalue weighted by Crippen LogP contribution is -2.12. The van der Waals surface area contributed by atoms with Gasteiger partial charge in [0.15, 0.2) is 5.82 Å². The number of hydrogen-bond acceptors (Lipinski definition) is 5. The Hall–Kier alpha value is -3.52. The first-order valence-corrected chi connectivity index (χ1v) is 10.7. The van der Waals surface area contributed by atoms with Crippen LogP contribution in [-0.2, 0) is 0 Å². The van der Waals surface area contributed by atoms with Gasteiger partial charge in [0.1, 0.15) is 5.82 Å². The normalized spacial score (nSPS) is 11.0. The van der Waals surface area contributed by atoms with Gasteiger partial charge in [-0.1, -0.05) is 26.0 Å². The summed E-state index contributed by atoms with van der Waals surface area (Å²) in [6.07, 6.45) is 0. The number of carbonyl (C=O) groups is 1. The lowest BCUT2D eigenvalue weighted by atomic mass is 10.2. The van der Waals surface area contributed by atoms with Gasteiger partial charge in [-0.15, -0.1) is 16.4 Å². The molecule has 0 saturated carbocycles. The van der Waals surface area contributed by atoms with Crippen LogP contribution in [0.1, 0.15) is 24.2 Å². The van der Waals surface area contributed by atoms with Crippen LogP contribution < -0.4 is 10.1 Å². The molecule has 2 aromatic carbocycles. The smallest absolute Gasteiger partial charge is 0.336 e. The van der Waals surface area contributed by atoms with Gasteiger partial charge in [-0.05, 0) is 59.8 Å². The molecule has 4 rings (SSSR count). The predicted octanol–water partition coefficient (Wildman–Crippen LogP) is 5.42. The van der Waals surface area contributed by atoms with E-state index in [4.69, 9.17) is 4.74 Å². The van der Waals surface area contributed by atoms with Crippen LogP contribution in [0.15, 0.2) is 66.0 Å². The highest BCUT2D eigenvalue weighted by atomic mass is 32.1. The number of nitrogens with zero attached hydrogens (tertiary/aromatic N) is 3. The molecule has 8 heteroatoms. The van der Waals surface area contributed by atoms with E-state index in [1.54, 1.807) is 28.2 Å². The van der Waals surface area contributed by atoms with E-state index in [0.717, 1.165) is 10.6 Å². The van der Waals surface area contributed by atoms with Gasteiger partial charge in [0, 0.05) is 11.3 Å². The van der Waals surface area contributed by atoms with Crippen molar-refractivity contribution in [1.82, 2.24) is 14.8 Å². The summed E-state index contributed by atoms with van der Waals surface area (Å²) < 4.78 is 20.6. The number of rotatable bonds is 7. The third-order valence-corrected chi connectivity index (χ3v) is 5.20. The summed E-state index contributed by atoms with van der Waals surface area (Å²) in [5.74, 6) is 0.300. The third kappa shape index (κ3) is 4.97. The second-order valence-corrected chi connectivity index (χ2v) is 8.27. The highest BCUT2D eigenvalue weighted by Crippen LogP contribution is 2.28. The third-order valence-electron chi connectivity index (χ3n) is 4.33. The fourth-order valence-electron chi connectivity index (χ4n) is 2.86. The molecule has 0 unspecified atom stereocenters. The summed E-state index contributed by atoms with van der Waals surface area (Å²) in [6.45, 7) is 4.64. The molecule has 0 bridgehead atoms. The Bertz CT molecular complexity index is 1170. The monoisotopic (exact) mass is 436 g/mol. The van der Waals surface area contributed by atoms with Crippen LogP contribution in [0.5, 0.6) is 6.01 Å². The Morgan fingerprint density at radius 2 is 1.97 bits per heavy atom. The van der Waals surface area contributed by atoms with Gasteiger partial charge in [0.25, 0.3) is 5.91 Å². The van der Waals surface area contributed by atoms with Crippen LogP contribution in [0.4, 0.5) is 10.1 Å². The maximum absolute atomic E-state index is 13.1. The number of nitrogens with one attached hydrogen (secondary N) is 1. The Morgan fingerprint density at radius 3 is 2.68 bits per heavy atom. The van der Waals surface area contributed by atoms with Crippen molar-refractivity contribution in [3.63, 3.8) is 0 Å². The first kappa shape index (κ1) is 20.7. The number of aromatic nitrogens is 3. The summed E-state index contributed by atoms with van der Waals surface area (Å²) in [5.41, 5.74) is 1.69. The van der Waals surface area contributed by atoms with Crippen molar-refractivity contribution in [2.24, 2.45) is 5.92 Å². The maximum Gasteiger partial charge on any atom is 0.336 e. The Labute approximate surface area is 183 Å². The number of halogens is 1. The van der Waals surface area contributed by atoms with E-state index >= 15 is 0 Å². The number of anilines is 1. The van der Waals surface area contributed by atoms with Gasteiger partial charge in [0.2, 0.25) is 0 Å². The molecule has 0 spiro atoms. The summed E-state index contributed by atoms with van der Waals surface area (Å²) >= 11 is 1.56. The van der Waals surface area contributed by atoms with Crippen LogP contribution in [0.3, 0.4) is 0 Å². The zero-order chi connectivity index (χ0) is 21.8. The van der Waals surface area contributed by atoms with E-state index in [9.17, 15) is 9.18 Å². The van der Waals surface area contributed by atoms with Crippen LogP contribution in [0.25, 0.3) is 16.4 Å². The minimum Gasteiger partial charge on any atom is -0.462 e. The summed E-state index contributed by atoms with van der Waals surface area (Å²) in [6, 6.07) is 16.9. The molecular formula is C23H21FN4O2S. The van der Waals surface area contributed by atoms with Crippen molar-refractivity contribution in [2.75, 3.05) is 11.9 Å². The van der Waals surface area contributed by atoms with E-state index in [2.05, 4.69) is 29.2 Å². The van der Waals surface area contributed by atoms with Crippen molar-refractivity contribution in [1.29, 1.82) is 0 Å². The van der Waals surface area contributed by atoms with Crippen molar-refractivity contribution in [3.05, 3.63) is 77.4 Å². The van der Waals surface area contributed by atoms with Crippen molar-refractivity contribution >= 4 is 22.9 Å². The van der Waals surface area contributed by atoms with Gasteiger partial charge in [0.05, 0.1) is 17.2 Å². The van der Waals surface area contributed by atoms with Crippen molar-refractivity contribution in [3.8, 4) is 22.4 Å². The second kappa shape index (κ2) is 9.09. The molecule has 6 nitrogen and oxygen atoms in total. The van der Waals surface area contributed by atoms with Crippen LogP contribution in [0, 0.1) is 11.7 Å². The predicted molar refractivity (Wildman–Crippen MR) is 119 cm³/mol. The quantitative estimate of drug-likeness (QED) is 0.420. The topological polar surface area (TPSA) is 69.0 Å². The average molecular weight is 437 g/mol. The molecule has 158 valence electrons. The van der Waals surface area contributed by atoms with E-state index in [1.807, 2.05) is 29.6 Å². The molecule has 2 heterocycles. The standard InChI is InChI=1S/C23H21FN4O2S/c1-15(2)14-30-23-26-21(20-7-4-12-31-20)28(27-23)19-6-3-5-18(13-19)25-22(29)16-8-10-17(24)11-9-16/h3-13,15H,14H2,1-2H3,(H,25,29). The van der Waals surface area contributed by atoms with E-state index in [0.29, 0.717) is 35.6 Å². The van der Waals surface area contributed by atoms with Gasteiger partial charge in [-0.25, -0.2) is 9.07 Å². The molecule has 2 aromatic heterocycles. The fourth-order valence-corrected chi connectivity index (χ4v) is 3.56. The molecule has 1 amide bonds. The number of ether oxygens (including phenoxy) is 1. The summed E-state index contributed by atoms with van der Waals surface area (Å²) in [7, 11) is 0. The van der Waals surface area contributed by atoms with E-state index in [-0.39, 0.29) is 11.7 Å². The zero-order valence-corrected chi connectivity index (χ0v) is 17.9. The molecule has 4 aromatic rings. The minimum atomic E-state index is -0.388. The lowest BCUT2D eigenvalue weighted by Gasteiger charge is -2.09. The Kier molecular flexibility index (Phi) is 6.08. The Balaban J connectivity index is 1.63. The maximum atomic E-state index is 13.1. The lowest BCUT2D eigenvalue weighted by molar-refractivity contribution is 0.102. The number of hydrogen-bond donors (Lipinski definition) is 1. The fraction of sp³-hybridized carbons (Fsp3) is 0.174. The molecule has 1 N–H and O–H groups in total. The molecule has 0 aliphatic heterocycles. The first-order valence-electron chi connectivity index (χ1n) is 9.80. The second-order valence-electron chi connectivity index (χ2n) is 7.32. The van der Waals surface area contributed by atoms with Crippen molar-refractivity contribution < 1.29 is 13.9 Å². The SMILES string of the molecule is CC(C)COc1nc(-c2cccs2)n(-c2cccc(NC(=O)c3ccc(F)cc3)c2)n1. The molecule has 31 heavy (non-hydrogen) atoms. The molecule has 0 fully saturated rings. The van der Waals surface area contributed by atoms with Crippen LogP contribution in [0.2, 0.25) is 0 Å². The number of carbonyl (C=O) groups excluding carboxylic acids is 1. The molecule has 0 radical (unpaired) electrons. The first-order chi connectivity index (χ1) is 15.0. The highest BCUT2D eigenvalue weighted by molar-refractivity contribution is 7.13. The average Bonchev–Trinajstić information content (AvgIpc) is 3.43. The molecule has 0 atom stereocenters. The van der Waals surface area contributed by atoms with Gasteiger partial charge in [-0.3, -0.25) is 4.79 Å². The van der Waals surface area contributed by atoms with E-state index in [1.165, 1.54) is 24.3 Å². The summed E-state index contributed by atoms with van der Waals surface area (Å²) in [4.78, 5) is 18.0. The van der Waals surface area contributed by atoms with Crippen LogP contribution >= 0.6 is 11.3 Å². The number of benzene rings is 2. The molecule has 0 saturated heterocycles. The number of amides is 1. The molecule has 0 aliphatic rings. The molecular weight excluding hydrogens is 415 g/mol. The highest BCUT2D eigenvalue weighted by Gasteiger charge is 2.16. The van der Waals surface area contributed by atoms with Gasteiger partial charge >= 0.3 is 6.01 Å². The van der Waals surface area contributed by atoms with Crippen molar-refractivity contribution in [2.45, 2.75) is 13.8 Å². The van der Waals surface area contributed by atoms with Gasteiger partial charge < -0.3 is 10.1 Å². The largest absolute Gasteiger partial charge is 0.462 e. The number of thiophene rings is 1. The Morgan fingerprint density at radius 1 is 1.16 bits per heavy atom. The summed E-state index contributed by atoms with van der Waals surface area (Å²) in [5, 5.41) is 9.34. The minimum absolute atomic E-state index is 0.304. The van der Waals surface area contributed by atoms with Gasteiger partial charge in [-0.2, -0.15) is 4.98 Å². The molecule has 0 aliphatic carbocycles. The van der Waals surface area contributed by atoms with E-state index < -0.39 is 0 Å².